The lowest BCUT2D eigenvalue weighted by Gasteiger charge is -2.23. The number of hydrogen-bond donors (Lipinski definition) is 1. The average molecular weight is 470 g/mol. The fourth-order valence-electron chi connectivity index (χ4n) is 3.22. The Morgan fingerprint density at radius 1 is 1.21 bits per heavy atom. The first-order chi connectivity index (χ1) is 15.5. The topological polar surface area (TPSA) is 178 Å². The van der Waals surface area contributed by atoms with E-state index in [1.165, 1.54) is 6.92 Å². The van der Waals surface area contributed by atoms with E-state index in [1.807, 2.05) is 6.92 Å². The van der Waals surface area contributed by atoms with Crippen LogP contribution in [0.3, 0.4) is 0 Å². The molecule has 4 unspecified atom stereocenters. The van der Waals surface area contributed by atoms with Gasteiger partial charge in [-0.05, 0) is 13.3 Å². The smallest absolute Gasteiger partial charge is 0.412 e. The van der Waals surface area contributed by atoms with E-state index in [-0.39, 0.29) is 6.61 Å². The summed E-state index contributed by atoms with van der Waals surface area (Å²) < 4.78 is 21.6. The number of aromatic nitrogens is 2. The molecule has 1 aromatic heterocycles. The Hall–Kier alpha value is -3.55. The average Bonchev–Trinajstić information content (AvgIpc) is 2.99. The quantitative estimate of drug-likeness (QED) is 0.182. The Labute approximate surface area is 188 Å². The summed E-state index contributed by atoms with van der Waals surface area (Å²) in [6, 6.07) is 0. The van der Waals surface area contributed by atoms with Crippen molar-refractivity contribution in [1.82, 2.24) is 9.55 Å². The number of nitrogens with one attached hydrogen (secondary N) is 1. The van der Waals surface area contributed by atoms with E-state index in [4.69, 9.17) is 18.9 Å². The summed E-state index contributed by atoms with van der Waals surface area (Å²) in [4.78, 5) is 61.9. The highest BCUT2D eigenvalue weighted by Gasteiger charge is 2.49. The molecule has 1 saturated heterocycles. The van der Waals surface area contributed by atoms with E-state index < -0.39 is 64.7 Å². The number of nitro groups is 1. The third-order valence-electron chi connectivity index (χ3n) is 4.63. The van der Waals surface area contributed by atoms with Crippen molar-refractivity contribution in [3.05, 3.63) is 26.8 Å². The molecule has 1 N–H and O–H groups in total. The lowest BCUT2D eigenvalue weighted by molar-refractivity contribution is -0.384. The molecule has 1 aliphatic rings. The zero-order chi connectivity index (χ0) is 24.7. The predicted molar refractivity (Wildman–Crippen MR) is 110 cm³/mol. The lowest BCUT2D eigenvalue weighted by atomic mass is 10.1. The number of amides is 1. The normalized spacial score (nSPS) is 21.8. The molecule has 33 heavy (non-hydrogen) atoms. The Morgan fingerprint density at radius 2 is 1.85 bits per heavy atom. The molecular weight excluding hydrogens is 444 g/mol. The standard InChI is InChI=1S/C19H26N4O10/c1-5-6-7-8-30-19(27)21-16-13(23(28)29)9-22(18(26)20-16)17-15(33-12(4)25)14(10(2)31-17)32-11(3)24/h9-10,14-15,17H,5-8H2,1-4H3,(H,20,21,26,27). The molecule has 4 atom stereocenters. The minimum absolute atomic E-state index is 0.0972. The summed E-state index contributed by atoms with van der Waals surface area (Å²) in [5, 5.41) is 13.7. The van der Waals surface area contributed by atoms with Crippen LogP contribution in [0.1, 0.15) is 53.2 Å². The van der Waals surface area contributed by atoms with Crippen LogP contribution >= 0.6 is 0 Å². The van der Waals surface area contributed by atoms with Gasteiger partial charge in [0.2, 0.25) is 5.82 Å². The van der Waals surface area contributed by atoms with Crippen molar-refractivity contribution in [2.24, 2.45) is 0 Å². The highest BCUT2D eigenvalue weighted by Crippen LogP contribution is 2.34. The Morgan fingerprint density at radius 3 is 2.42 bits per heavy atom. The van der Waals surface area contributed by atoms with Crippen molar-refractivity contribution in [1.29, 1.82) is 0 Å². The Kier molecular flexibility index (Phi) is 8.85. The monoisotopic (exact) mass is 470 g/mol. The Bertz CT molecular complexity index is 962. The van der Waals surface area contributed by atoms with E-state index in [1.54, 1.807) is 0 Å². The van der Waals surface area contributed by atoms with E-state index >= 15 is 0 Å². The molecule has 2 rings (SSSR count). The van der Waals surface area contributed by atoms with Gasteiger partial charge in [0.15, 0.2) is 18.4 Å². The fourth-order valence-corrected chi connectivity index (χ4v) is 3.22. The number of ether oxygens (including phenoxy) is 4. The molecule has 1 fully saturated rings. The highest BCUT2D eigenvalue weighted by atomic mass is 16.6. The molecule has 0 aromatic carbocycles. The largest absolute Gasteiger partial charge is 0.456 e. The molecule has 14 heteroatoms. The van der Waals surface area contributed by atoms with Gasteiger partial charge in [-0.2, -0.15) is 4.98 Å². The van der Waals surface area contributed by atoms with Gasteiger partial charge in [0.1, 0.15) is 0 Å². The molecule has 0 radical (unpaired) electrons. The SMILES string of the molecule is CCCCCOC(=O)Nc1nc(=O)n(C2OC(C)C(OC(C)=O)C2OC(C)=O)cc1[N+](=O)[O-]. The van der Waals surface area contributed by atoms with Crippen molar-refractivity contribution in [2.45, 2.75) is 71.5 Å². The first-order valence-electron chi connectivity index (χ1n) is 10.3. The first-order valence-corrected chi connectivity index (χ1v) is 10.3. The maximum absolute atomic E-state index is 12.7. The van der Waals surface area contributed by atoms with Gasteiger partial charge >= 0.3 is 29.4 Å². The second-order valence-electron chi connectivity index (χ2n) is 7.27. The summed E-state index contributed by atoms with van der Waals surface area (Å²) in [7, 11) is 0. The number of anilines is 1. The van der Waals surface area contributed by atoms with Crippen molar-refractivity contribution < 1.29 is 38.3 Å². The number of carbonyl (C=O) groups excluding carboxylic acids is 3. The second kappa shape index (κ2) is 11.4. The number of unbranched alkanes of at least 4 members (excludes halogenated alkanes) is 2. The number of rotatable bonds is 9. The second-order valence-corrected chi connectivity index (χ2v) is 7.27. The van der Waals surface area contributed by atoms with Crippen LogP contribution in [0.15, 0.2) is 11.0 Å². The Balaban J connectivity index is 2.36. The third kappa shape index (κ3) is 6.71. The molecule has 0 saturated carbocycles. The summed E-state index contributed by atoms with van der Waals surface area (Å²) >= 11 is 0. The highest BCUT2D eigenvalue weighted by molar-refractivity contribution is 5.85. The number of carbonyl (C=O) groups is 3. The van der Waals surface area contributed by atoms with E-state index in [0.717, 1.165) is 37.5 Å². The summed E-state index contributed by atoms with van der Waals surface area (Å²) in [6.45, 7) is 5.83. The molecule has 1 amide bonds. The van der Waals surface area contributed by atoms with Gasteiger partial charge in [-0.3, -0.25) is 29.6 Å². The van der Waals surface area contributed by atoms with Gasteiger partial charge in [-0.15, -0.1) is 0 Å². The van der Waals surface area contributed by atoms with Gasteiger partial charge in [-0.25, -0.2) is 9.59 Å². The predicted octanol–water partition coefficient (Wildman–Crippen LogP) is 1.67. The molecule has 0 bridgehead atoms. The summed E-state index contributed by atoms with van der Waals surface area (Å²) in [5.74, 6) is -2.05. The van der Waals surface area contributed by atoms with Gasteiger partial charge in [0.05, 0.1) is 23.8 Å². The molecule has 14 nitrogen and oxygen atoms in total. The summed E-state index contributed by atoms with van der Waals surface area (Å²) in [6.07, 6.45) is -2.39. The number of hydrogen-bond acceptors (Lipinski definition) is 11. The van der Waals surface area contributed by atoms with E-state index in [2.05, 4.69) is 10.3 Å². The van der Waals surface area contributed by atoms with Crippen molar-refractivity contribution in [3.63, 3.8) is 0 Å². The van der Waals surface area contributed by atoms with Crippen molar-refractivity contribution in [3.8, 4) is 0 Å². The van der Waals surface area contributed by atoms with Crippen LogP contribution in [0.5, 0.6) is 0 Å². The van der Waals surface area contributed by atoms with E-state index in [0.29, 0.717) is 6.42 Å². The van der Waals surface area contributed by atoms with Crippen LogP contribution in [0.25, 0.3) is 0 Å². The van der Waals surface area contributed by atoms with Crippen molar-refractivity contribution in [2.75, 3.05) is 11.9 Å². The number of nitrogens with zero attached hydrogens (tertiary/aromatic N) is 3. The van der Waals surface area contributed by atoms with Gasteiger partial charge < -0.3 is 18.9 Å². The van der Waals surface area contributed by atoms with Crippen LogP contribution in [0.2, 0.25) is 0 Å². The zero-order valence-corrected chi connectivity index (χ0v) is 18.6. The molecule has 182 valence electrons. The molecule has 0 spiro atoms. The van der Waals surface area contributed by atoms with Crippen LogP contribution in [0.4, 0.5) is 16.3 Å². The van der Waals surface area contributed by atoms with Gasteiger partial charge in [0, 0.05) is 13.8 Å². The van der Waals surface area contributed by atoms with Crippen LogP contribution in [-0.4, -0.2) is 57.4 Å². The third-order valence-corrected chi connectivity index (χ3v) is 4.63. The molecule has 2 heterocycles. The maximum atomic E-state index is 12.7. The lowest BCUT2D eigenvalue weighted by Crippen LogP contribution is -2.40. The first kappa shape index (κ1) is 25.7. The van der Waals surface area contributed by atoms with Crippen LogP contribution < -0.4 is 11.0 Å². The molecular formula is C19H26N4O10. The van der Waals surface area contributed by atoms with Gasteiger partial charge in [0.25, 0.3) is 0 Å². The maximum Gasteiger partial charge on any atom is 0.412 e. The van der Waals surface area contributed by atoms with E-state index in [9.17, 15) is 29.3 Å². The van der Waals surface area contributed by atoms with Crippen LogP contribution in [-0.2, 0) is 28.5 Å². The zero-order valence-electron chi connectivity index (χ0n) is 18.6. The minimum Gasteiger partial charge on any atom is -0.456 e. The molecule has 1 aliphatic heterocycles. The molecule has 1 aromatic rings. The number of esters is 2. The molecule has 0 aliphatic carbocycles. The van der Waals surface area contributed by atoms with Crippen LogP contribution in [0, 0.1) is 10.1 Å². The fraction of sp³-hybridized carbons (Fsp3) is 0.632. The minimum atomic E-state index is -1.37. The summed E-state index contributed by atoms with van der Waals surface area (Å²) in [5.41, 5.74) is -1.77. The van der Waals surface area contributed by atoms with Gasteiger partial charge in [-0.1, -0.05) is 19.8 Å². The van der Waals surface area contributed by atoms with Crippen molar-refractivity contribution >= 4 is 29.5 Å².